The second-order valence-electron chi connectivity index (χ2n) is 5.80. The van der Waals surface area contributed by atoms with E-state index < -0.39 is 17.7 Å². The van der Waals surface area contributed by atoms with E-state index in [-0.39, 0.29) is 5.56 Å². The normalized spacial score (nSPS) is 21.6. The molecule has 2 unspecified atom stereocenters. The summed E-state index contributed by atoms with van der Waals surface area (Å²) in [5.41, 5.74) is 6.34. The lowest BCUT2D eigenvalue weighted by Crippen LogP contribution is -2.41. The van der Waals surface area contributed by atoms with Crippen LogP contribution in [-0.2, 0) is 0 Å². The molecule has 1 saturated heterocycles. The molecular formula is C15H23F2N3. The second-order valence-corrected chi connectivity index (χ2v) is 5.80. The van der Waals surface area contributed by atoms with Gasteiger partial charge in [0.25, 0.3) is 0 Å². The summed E-state index contributed by atoms with van der Waals surface area (Å²) in [6.07, 6.45) is 2.27. The first-order valence-corrected chi connectivity index (χ1v) is 7.07. The predicted octanol–water partition coefficient (Wildman–Crippen LogP) is 1.99. The summed E-state index contributed by atoms with van der Waals surface area (Å²) in [6.45, 7) is 2.51. The van der Waals surface area contributed by atoms with Crippen LogP contribution in [-0.4, -0.2) is 49.6 Å². The largest absolute Gasteiger partial charge is 0.323 e. The van der Waals surface area contributed by atoms with Gasteiger partial charge in [0.05, 0.1) is 0 Å². The quantitative estimate of drug-likeness (QED) is 0.897. The Kier molecular flexibility index (Phi) is 5.07. The third kappa shape index (κ3) is 3.53. The molecule has 5 heteroatoms. The average Bonchev–Trinajstić information content (AvgIpc) is 2.79. The molecule has 0 aliphatic carbocycles. The van der Waals surface area contributed by atoms with E-state index in [9.17, 15) is 8.78 Å². The topological polar surface area (TPSA) is 32.5 Å². The molecule has 3 nitrogen and oxygen atoms in total. The number of halogens is 2. The van der Waals surface area contributed by atoms with Crippen molar-refractivity contribution < 1.29 is 8.78 Å². The highest BCUT2D eigenvalue weighted by Gasteiger charge is 2.27. The Bertz CT molecular complexity index is 451. The highest BCUT2D eigenvalue weighted by atomic mass is 19.2. The molecule has 1 heterocycles. The van der Waals surface area contributed by atoms with Crippen molar-refractivity contribution in [3.8, 4) is 0 Å². The lowest BCUT2D eigenvalue weighted by Gasteiger charge is -2.29. The van der Waals surface area contributed by atoms with Gasteiger partial charge >= 0.3 is 0 Å². The van der Waals surface area contributed by atoms with Crippen molar-refractivity contribution in [1.82, 2.24) is 9.80 Å². The molecule has 2 rings (SSSR count). The zero-order valence-corrected chi connectivity index (χ0v) is 12.1. The highest BCUT2D eigenvalue weighted by molar-refractivity contribution is 5.22. The minimum absolute atomic E-state index is 0.264. The van der Waals surface area contributed by atoms with Crippen molar-refractivity contribution in [3.63, 3.8) is 0 Å². The maximum absolute atomic E-state index is 13.8. The SMILES string of the molecule is CN(C)CC1CCCN1CC(N)c1cccc(F)c1F. The molecule has 1 fully saturated rings. The van der Waals surface area contributed by atoms with Gasteiger partial charge in [-0.25, -0.2) is 8.78 Å². The summed E-state index contributed by atoms with van der Waals surface area (Å²) < 4.78 is 27.0. The molecule has 0 spiro atoms. The minimum Gasteiger partial charge on any atom is -0.323 e. The lowest BCUT2D eigenvalue weighted by molar-refractivity contribution is 0.197. The molecule has 1 aromatic rings. The fraction of sp³-hybridized carbons (Fsp3) is 0.600. The van der Waals surface area contributed by atoms with Crippen molar-refractivity contribution in [1.29, 1.82) is 0 Å². The molecule has 2 atom stereocenters. The van der Waals surface area contributed by atoms with Crippen molar-refractivity contribution in [3.05, 3.63) is 35.4 Å². The summed E-state index contributed by atoms with van der Waals surface area (Å²) in [7, 11) is 4.09. The van der Waals surface area contributed by atoms with E-state index in [0.29, 0.717) is 12.6 Å². The molecule has 0 aromatic heterocycles. The lowest BCUT2D eigenvalue weighted by atomic mass is 10.1. The Hall–Kier alpha value is -1.04. The Balaban J connectivity index is 2.03. The van der Waals surface area contributed by atoms with Crippen molar-refractivity contribution in [2.45, 2.75) is 24.9 Å². The predicted molar refractivity (Wildman–Crippen MR) is 76.4 cm³/mol. The Morgan fingerprint density at radius 1 is 1.40 bits per heavy atom. The van der Waals surface area contributed by atoms with Gasteiger partial charge in [-0.3, -0.25) is 4.90 Å². The molecule has 112 valence electrons. The number of nitrogens with zero attached hydrogens (tertiary/aromatic N) is 2. The molecule has 0 bridgehead atoms. The molecule has 0 saturated carbocycles. The Morgan fingerprint density at radius 3 is 2.85 bits per heavy atom. The Labute approximate surface area is 119 Å². The number of hydrogen-bond donors (Lipinski definition) is 1. The zero-order valence-electron chi connectivity index (χ0n) is 12.1. The van der Waals surface area contributed by atoms with Crippen LogP contribution in [0.2, 0.25) is 0 Å². The van der Waals surface area contributed by atoms with Gasteiger partial charge in [-0.05, 0) is 39.5 Å². The van der Waals surface area contributed by atoms with Crippen molar-refractivity contribution in [2.24, 2.45) is 5.73 Å². The first kappa shape index (κ1) is 15.4. The number of likely N-dealkylation sites (N-methyl/N-ethyl adjacent to an activating group) is 1. The average molecular weight is 283 g/mol. The number of likely N-dealkylation sites (tertiary alicyclic amines) is 1. The van der Waals surface area contributed by atoms with Crippen LogP contribution in [0, 0.1) is 11.6 Å². The number of rotatable bonds is 5. The maximum atomic E-state index is 13.8. The van der Waals surface area contributed by atoms with E-state index in [2.05, 4.69) is 9.80 Å². The van der Waals surface area contributed by atoms with Crippen LogP contribution in [0.3, 0.4) is 0 Å². The summed E-state index contributed by atoms with van der Waals surface area (Å²) in [5, 5.41) is 0. The van der Waals surface area contributed by atoms with E-state index in [4.69, 9.17) is 5.73 Å². The minimum atomic E-state index is -0.829. The van der Waals surface area contributed by atoms with Gasteiger partial charge in [-0.15, -0.1) is 0 Å². The van der Waals surface area contributed by atoms with Crippen LogP contribution in [0.5, 0.6) is 0 Å². The monoisotopic (exact) mass is 283 g/mol. The van der Waals surface area contributed by atoms with Crippen LogP contribution >= 0.6 is 0 Å². The smallest absolute Gasteiger partial charge is 0.163 e. The second kappa shape index (κ2) is 6.61. The van der Waals surface area contributed by atoms with Crippen LogP contribution in [0.4, 0.5) is 8.78 Å². The molecule has 20 heavy (non-hydrogen) atoms. The number of nitrogens with two attached hydrogens (primary N) is 1. The van der Waals surface area contributed by atoms with Crippen LogP contribution in [0.25, 0.3) is 0 Å². The summed E-state index contributed by atoms with van der Waals surface area (Å²) in [6, 6.07) is 4.16. The van der Waals surface area contributed by atoms with Crippen LogP contribution in [0.15, 0.2) is 18.2 Å². The highest BCUT2D eigenvalue weighted by Crippen LogP contribution is 2.23. The maximum Gasteiger partial charge on any atom is 0.163 e. The molecule has 2 N–H and O–H groups in total. The first-order chi connectivity index (χ1) is 9.49. The van der Waals surface area contributed by atoms with E-state index in [0.717, 1.165) is 32.0 Å². The standard InChI is InChI=1S/C15H23F2N3/c1-19(2)9-11-5-4-8-20(11)10-14(18)12-6-3-7-13(16)15(12)17/h3,6-7,11,14H,4-5,8-10,18H2,1-2H3. The van der Waals surface area contributed by atoms with Gasteiger partial charge in [0.15, 0.2) is 11.6 Å². The first-order valence-electron chi connectivity index (χ1n) is 7.07. The van der Waals surface area contributed by atoms with E-state index >= 15 is 0 Å². The summed E-state index contributed by atoms with van der Waals surface area (Å²) in [5.74, 6) is -1.65. The van der Waals surface area contributed by atoms with E-state index in [1.54, 1.807) is 6.07 Å². The summed E-state index contributed by atoms with van der Waals surface area (Å²) >= 11 is 0. The molecule has 0 radical (unpaired) electrons. The van der Waals surface area contributed by atoms with Crippen LogP contribution in [0.1, 0.15) is 24.4 Å². The number of hydrogen-bond acceptors (Lipinski definition) is 3. The van der Waals surface area contributed by atoms with Crippen molar-refractivity contribution >= 4 is 0 Å². The molecule has 1 aliphatic heterocycles. The van der Waals surface area contributed by atoms with Gasteiger partial charge in [-0.1, -0.05) is 12.1 Å². The number of benzene rings is 1. The van der Waals surface area contributed by atoms with E-state index in [1.165, 1.54) is 6.07 Å². The van der Waals surface area contributed by atoms with Gasteiger partial charge < -0.3 is 10.6 Å². The molecule has 0 amide bonds. The summed E-state index contributed by atoms with van der Waals surface area (Å²) in [4.78, 5) is 4.44. The van der Waals surface area contributed by atoms with Gasteiger partial charge in [-0.2, -0.15) is 0 Å². The van der Waals surface area contributed by atoms with Gasteiger partial charge in [0.1, 0.15) is 0 Å². The van der Waals surface area contributed by atoms with Gasteiger partial charge in [0.2, 0.25) is 0 Å². The molecule has 1 aliphatic rings. The van der Waals surface area contributed by atoms with Crippen LogP contribution < -0.4 is 5.73 Å². The zero-order chi connectivity index (χ0) is 14.7. The van der Waals surface area contributed by atoms with E-state index in [1.807, 2.05) is 14.1 Å². The molecule has 1 aromatic carbocycles. The fourth-order valence-electron chi connectivity index (χ4n) is 2.92. The van der Waals surface area contributed by atoms with Gasteiger partial charge in [0, 0.05) is 30.7 Å². The molecular weight excluding hydrogens is 260 g/mol. The third-order valence-electron chi connectivity index (χ3n) is 3.89. The fourth-order valence-corrected chi connectivity index (χ4v) is 2.92. The van der Waals surface area contributed by atoms with Crippen molar-refractivity contribution in [2.75, 3.05) is 33.7 Å². The third-order valence-corrected chi connectivity index (χ3v) is 3.89. The Morgan fingerprint density at radius 2 is 2.15 bits per heavy atom.